The fourth-order valence-corrected chi connectivity index (χ4v) is 0.829. The summed E-state index contributed by atoms with van der Waals surface area (Å²) >= 11 is 0. The number of hydrogen-bond acceptors (Lipinski definition) is 4. The summed E-state index contributed by atoms with van der Waals surface area (Å²) in [6.45, 7) is 3.27. The third-order valence-electron chi connectivity index (χ3n) is 2.03. The summed E-state index contributed by atoms with van der Waals surface area (Å²) in [6.07, 6.45) is -0.774. The van der Waals surface area contributed by atoms with Gasteiger partial charge in [-0.25, -0.2) is 0 Å². The summed E-state index contributed by atoms with van der Waals surface area (Å²) < 4.78 is 0. The van der Waals surface area contributed by atoms with Gasteiger partial charge < -0.3 is 23.5 Å². The zero-order chi connectivity index (χ0) is 11.2. The van der Waals surface area contributed by atoms with Crippen molar-refractivity contribution in [2.75, 3.05) is 19.8 Å². The van der Waals surface area contributed by atoms with E-state index >= 15 is 0 Å². The van der Waals surface area contributed by atoms with Gasteiger partial charge in [0.25, 0.3) is 0 Å². The summed E-state index contributed by atoms with van der Waals surface area (Å²) in [6, 6.07) is 0. The third kappa shape index (κ3) is 9.54. The second kappa shape index (κ2) is 12.6. The fraction of sp³-hybridized carbons (Fsp3) is 0.889. The number of amides is 1. The molecular weight excluding hydrogens is 264 g/mol. The molecule has 0 aliphatic heterocycles. The van der Waals surface area contributed by atoms with Crippen molar-refractivity contribution in [3.8, 4) is 0 Å². The van der Waals surface area contributed by atoms with Gasteiger partial charge in [0.2, 0.25) is 5.91 Å². The molecule has 0 aromatic carbocycles. The Labute approximate surface area is 185 Å². The number of aliphatic hydroxyl groups is 3. The van der Waals surface area contributed by atoms with Crippen LogP contribution in [0.25, 0.3) is 0 Å². The molecule has 1 unspecified atom stereocenters. The second-order valence-electron chi connectivity index (χ2n) is 3.92. The maximum absolute atomic E-state index is 11.3. The summed E-state index contributed by atoms with van der Waals surface area (Å²) in [5.74, 6) is -0.516. The number of carbonyl (C=O) groups is 1. The van der Waals surface area contributed by atoms with Gasteiger partial charge in [-0.15, -0.1) is 0 Å². The normalized spacial score (nSPS) is 12.1. The van der Waals surface area contributed by atoms with Crippen LogP contribution in [0.3, 0.4) is 0 Å². The molecule has 4 N–H and O–H groups in total. The molecule has 88 valence electrons. The maximum atomic E-state index is 11.3. The van der Waals surface area contributed by atoms with Gasteiger partial charge >= 0.3 is 103 Å². The van der Waals surface area contributed by atoms with Crippen LogP contribution in [0.4, 0.5) is 0 Å². The van der Waals surface area contributed by atoms with Crippen LogP contribution < -0.4 is 108 Å². The first-order chi connectivity index (χ1) is 6.45. The van der Waals surface area contributed by atoms with Crippen LogP contribution in [-0.2, 0) is 4.79 Å². The topological polar surface area (TPSA) is 89.8 Å². The van der Waals surface area contributed by atoms with Gasteiger partial charge in [-0.05, 0) is 6.42 Å². The standard InChI is InChI=1S/C9H19NO4.2K.2H/c1-9(2,6-12)7(13)8(14)10-4-3-5-11;;;;/h7,11-13H,3-6H2,1-2H3,(H,10,14);;;;/q;2*+1;2*-1. The molecule has 1 atom stereocenters. The molecule has 0 aliphatic rings. The number of rotatable bonds is 6. The van der Waals surface area contributed by atoms with Gasteiger partial charge in [-0.3, -0.25) is 4.79 Å². The van der Waals surface area contributed by atoms with Crippen LogP contribution >= 0.6 is 0 Å². The van der Waals surface area contributed by atoms with Gasteiger partial charge in [0.1, 0.15) is 6.10 Å². The average molecular weight is 285 g/mol. The third-order valence-corrected chi connectivity index (χ3v) is 2.03. The number of nitrogens with one attached hydrogen (secondary N) is 1. The van der Waals surface area contributed by atoms with E-state index < -0.39 is 17.4 Å². The summed E-state index contributed by atoms with van der Waals surface area (Å²) in [5, 5.41) is 29.3. The van der Waals surface area contributed by atoms with Gasteiger partial charge in [-0.1, -0.05) is 13.8 Å². The van der Waals surface area contributed by atoms with Crippen molar-refractivity contribution < 1.29 is 126 Å². The zero-order valence-corrected chi connectivity index (χ0v) is 16.9. The van der Waals surface area contributed by atoms with Crippen molar-refractivity contribution in [1.29, 1.82) is 0 Å². The number of hydrogen-bond donors (Lipinski definition) is 4. The molecule has 0 rings (SSSR count). The zero-order valence-electron chi connectivity index (χ0n) is 12.7. The molecule has 0 bridgehead atoms. The van der Waals surface area contributed by atoms with Crippen molar-refractivity contribution in [3.05, 3.63) is 0 Å². The van der Waals surface area contributed by atoms with Crippen molar-refractivity contribution in [1.82, 2.24) is 5.32 Å². The Morgan fingerprint density at radius 2 is 1.88 bits per heavy atom. The van der Waals surface area contributed by atoms with Crippen LogP contribution in [0.2, 0.25) is 0 Å². The Bertz CT molecular complexity index is 199. The van der Waals surface area contributed by atoms with E-state index in [4.69, 9.17) is 10.2 Å². The maximum Gasteiger partial charge on any atom is 1.00 e. The van der Waals surface area contributed by atoms with E-state index in [2.05, 4.69) is 5.32 Å². The smallest absolute Gasteiger partial charge is 1.00 e. The first-order valence-electron chi connectivity index (χ1n) is 4.63. The predicted molar refractivity (Wildman–Crippen MR) is 53.8 cm³/mol. The Morgan fingerprint density at radius 3 is 2.25 bits per heavy atom. The van der Waals surface area contributed by atoms with Crippen molar-refractivity contribution in [2.24, 2.45) is 5.41 Å². The Morgan fingerprint density at radius 1 is 1.38 bits per heavy atom. The van der Waals surface area contributed by atoms with Crippen molar-refractivity contribution in [2.45, 2.75) is 26.4 Å². The van der Waals surface area contributed by atoms with E-state index in [0.717, 1.165) is 0 Å². The van der Waals surface area contributed by atoms with Crippen LogP contribution in [0, 0.1) is 5.41 Å². The first-order valence-corrected chi connectivity index (χ1v) is 4.63. The molecule has 0 heterocycles. The van der Waals surface area contributed by atoms with E-state index in [-0.39, 0.29) is 119 Å². The minimum Gasteiger partial charge on any atom is -1.00 e. The summed E-state index contributed by atoms with van der Waals surface area (Å²) in [4.78, 5) is 11.3. The van der Waals surface area contributed by atoms with Crippen LogP contribution in [0.5, 0.6) is 0 Å². The monoisotopic (exact) mass is 285 g/mol. The van der Waals surface area contributed by atoms with E-state index in [1.165, 1.54) is 0 Å². The van der Waals surface area contributed by atoms with Crippen LogP contribution in [0.1, 0.15) is 23.1 Å². The second-order valence-corrected chi connectivity index (χ2v) is 3.92. The Kier molecular flexibility index (Phi) is 18.7. The average Bonchev–Trinajstić information content (AvgIpc) is 2.17. The van der Waals surface area contributed by atoms with E-state index in [0.29, 0.717) is 13.0 Å². The number of carbonyl (C=O) groups excluding carboxylic acids is 1. The van der Waals surface area contributed by atoms with E-state index in [1.807, 2.05) is 0 Å². The van der Waals surface area contributed by atoms with E-state index in [1.54, 1.807) is 13.8 Å². The van der Waals surface area contributed by atoms with Crippen molar-refractivity contribution in [3.63, 3.8) is 0 Å². The van der Waals surface area contributed by atoms with Gasteiger partial charge in [-0.2, -0.15) is 0 Å². The van der Waals surface area contributed by atoms with Crippen molar-refractivity contribution >= 4 is 5.91 Å². The first kappa shape index (κ1) is 23.7. The quantitative estimate of drug-likeness (QED) is 0.288. The van der Waals surface area contributed by atoms with Gasteiger partial charge in [0.05, 0.1) is 6.61 Å². The molecule has 0 radical (unpaired) electrons. The van der Waals surface area contributed by atoms with Gasteiger partial charge in [0, 0.05) is 18.6 Å². The fourth-order valence-electron chi connectivity index (χ4n) is 0.829. The molecule has 0 spiro atoms. The Balaban J connectivity index is -0.000000141. The largest absolute Gasteiger partial charge is 1.00 e. The SMILES string of the molecule is CC(C)(CO)C(O)C(=O)NCCCO.[H-].[H-].[K+].[K+]. The minimum absolute atomic E-state index is 0. The molecule has 1 amide bonds. The van der Waals surface area contributed by atoms with Crippen LogP contribution in [-0.4, -0.2) is 47.1 Å². The minimum atomic E-state index is -1.23. The van der Waals surface area contributed by atoms with E-state index in [9.17, 15) is 9.90 Å². The Hall–Kier alpha value is 2.62. The molecule has 5 nitrogen and oxygen atoms in total. The molecular formula is C9H21K2NO4. The molecule has 0 aromatic heterocycles. The van der Waals surface area contributed by atoms with Gasteiger partial charge in [0.15, 0.2) is 0 Å². The number of aliphatic hydroxyl groups excluding tert-OH is 3. The summed E-state index contributed by atoms with van der Waals surface area (Å²) in [7, 11) is 0. The predicted octanol–water partition coefficient (Wildman–Crippen LogP) is -6.90. The molecule has 0 saturated heterocycles. The molecule has 16 heavy (non-hydrogen) atoms. The molecule has 0 saturated carbocycles. The van der Waals surface area contributed by atoms with Crippen LogP contribution in [0.15, 0.2) is 0 Å². The summed E-state index contributed by atoms with van der Waals surface area (Å²) in [5.41, 5.74) is -0.844. The molecule has 7 heteroatoms. The molecule has 0 fully saturated rings. The molecule has 0 aliphatic carbocycles. The molecule has 0 aromatic rings.